The molecule has 0 saturated heterocycles. The Morgan fingerprint density at radius 1 is 0.700 bits per heavy atom. The van der Waals surface area contributed by atoms with E-state index in [0.717, 1.165) is 18.2 Å². The summed E-state index contributed by atoms with van der Waals surface area (Å²) in [6.45, 7) is -0.827. The van der Waals surface area contributed by atoms with Gasteiger partial charge in [-0.3, -0.25) is 0 Å². The van der Waals surface area contributed by atoms with Crippen LogP contribution in [0.4, 0.5) is 26.3 Å². The van der Waals surface area contributed by atoms with Crippen LogP contribution < -0.4 is 0 Å². The van der Waals surface area contributed by atoms with Crippen LogP contribution in [0, 0.1) is 34.9 Å². The average Bonchev–Trinajstić information content (AvgIpc) is 2.44. The number of aliphatic hydroxyl groups is 1. The van der Waals surface area contributed by atoms with Gasteiger partial charge in [0, 0.05) is 5.56 Å². The smallest absolute Gasteiger partial charge is 0.200 e. The van der Waals surface area contributed by atoms with Crippen molar-refractivity contribution in [2.24, 2.45) is 0 Å². The second-order valence-corrected chi connectivity index (χ2v) is 3.88. The van der Waals surface area contributed by atoms with Gasteiger partial charge in [-0.1, -0.05) is 12.1 Å². The van der Waals surface area contributed by atoms with Crippen LogP contribution >= 0.6 is 0 Å². The topological polar surface area (TPSA) is 20.2 Å². The van der Waals surface area contributed by atoms with Gasteiger partial charge in [0.2, 0.25) is 5.82 Å². The standard InChI is InChI=1S/C13H6F6O/c14-6-3-1-2-5(4-20)7(6)8-9(15)11(17)13(19)12(18)10(8)16/h1-3,20H,4H2. The molecule has 7 heteroatoms. The van der Waals surface area contributed by atoms with E-state index >= 15 is 0 Å². The van der Waals surface area contributed by atoms with Crippen molar-refractivity contribution in [1.82, 2.24) is 0 Å². The van der Waals surface area contributed by atoms with E-state index in [0.29, 0.717) is 0 Å². The highest BCUT2D eigenvalue weighted by Gasteiger charge is 2.29. The molecular formula is C13H6F6O. The number of hydrogen-bond acceptors (Lipinski definition) is 1. The second-order valence-electron chi connectivity index (χ2n) is 3.88. The molecule has 0 aliphatic heterocycles. The summed E-state index contributed by atoms with van der Waals surface area (Å²) < 4.78 is 80.0. The zero-order valence-corrected chi connectivity index (χ0v) is 9.65. The molecule has 20 heavy (non-hydrogen) atoms. The monoisotopic (exact) mass is 292 g/mol. The van der Waals surface area contributed by atoms with Crippen molar-refractivity contribution in [3.63, 3.8) is 0 Å². The van der Waals surface area contributed by atoms with Gasteiger partial charge < -0.3 is 5.11 Å². The second kappa shape index (κ2) is 5.16. The van der Waals surface area contributed by atoms with Crippen molar-refractivity contribution >= 4 is 0 Å². The molecule has 0 bridgehead atoms. The van der Waals surface area contributed by atoms with Gasteiger partial charge in [0.1, 0.15) is 5.82 Å². The van der Waals surface area contributed by atoms with Crippen molar-refractivity contribution in [2.75, 3.05) is 0 Å². The minimum Gasteiger partial charge on any atom is -0.392 e. The summed E-state index contributed by atoms with van der Waals surface area (Å²) in [4.78, 5) is 0. The van der Waals surface area contributed by atoms with Crippen LogP contribution in [0.25, 0.3) is 11.1 Å². The zero-order chi connectivity index (χ0) is 15.0. The predicted octanol–water partition coefficient (Wildman–Crippen LogP) is 3.68. The number of halogens is 6. The molecule has 0 spiro atoms. The Labute approximate surface area is 109 Å². The van der Waals surface area contributed by atoms with Crippen LogP contribution in [0.5, 0.6) is 0 Å². The first-order valence-corrected chi connectivity index (χ1v) is 5.30. The molecule has 1 nitrogen and oxygen atoms in total. The molecule has 0 aliphatic carbocycles. The van der Waals surface area contributed by atoms with Crippen LogP contribution in [0.1, 0.15) is 5.56 Å². The first-order chi connectivity index (χ1) is 9.40. The maximum atomic E-state index is 13.7. The highest BCUT2D eigenvalue weighted by atomic mass is 19.2. The number of hydrogen-bond donors (Lipinski definition) is 1. The van der Waals surface area contributed by atoms with E-state index in [4.69, 9.17) is 5.11 Å². The first-order valence-electron chi connectivity index (χ1n) is 5.30. The summed E-state index contributed by atoms with van der Waals surface area (Å²) in [7, 11) is 0. The molecule has 2 aromatic rings. The van der Waals surface area contributed by atoms with Crippen molar-refractivity contribution in [2.45, 2.75) is 6.61 Å². The van der Waals surface area contributed by atoms with Crippen LogP contribution in [-0.4, -0.2) is 5.11 Å². The van der Waals surface area contributed by atoms with Crippen LogP contribution in [0.3, 0.4) is 0 Å². The summed E-state index contributed by atoms with van der Waals surface area (Å²) >= 11 is 0. The van der Waals surface area contributed by atoms with Crippen molar-refractivity contribution in [3.8, 4) is 11.1 Å². The molecule has 0 heterocycles. The molecule has 0 fully saturated rings. The molecule has 2 rings (SSSR count). The third kappa shape index (κ3) is 2.03. The van der Waals surface area contributed by atoms with E-state index in [2.05, 4.69) is 0 Å². The molecule has 2 aromatic carbocycles. The summed E-state index contributed by atoms with van der Waals surface area (Å²) in [6.07, 6.45) is 0. The lowest BCUT2D eigenvalue weighted by Crippen LogP contribution is -2.06. The third-order valence-corrected chi connectivity index (χ3v) is 2.73. The fourth-order valence-electron chi connectivity index (χ4n) is 1.80. The molecule has 0 atom stereocenters. The van der Waals surface area contributed by atoms with Gasteiger partial charge in [-0.2, -0.15) is 0 Å². The lowest BCUT2D eigenvalue weighted by Gasteiger charge is -2.12. The lowest BCUT2D eigenvalue weighted by molar-refractivity contribution is 0.281. The highest BCUT2D eigenvalue weighted by molar-refractivity contribution is 5.69. The van der Waals surface area contributed by atoms with Crippen LogP contribution in [0.15, 0.2) is 18.2 Å². The normalized spacial score (nSPS) is 10.9. The van der Waals surface area contributed by atoms with Crippen molar-refractivity contribution in [1.29, 1.82) is 0 Å². The SMILES string of the molecule is OCc1cccc(F)c1-c1c(F)c(F)c(F)c(F)c1F. The van der Waals surface area contributed by atoms with Crippen LogP contribution in [-0.2, 0) is 6.61 Å². The van der Waals surface area contributed by atoms with E-state index in [1.165, 1.54) is 0 Å². The molecule has 0 radical (unpaired) electrons. The summed E-state index contributed by atoms with van der Waals surface area (Å²) in [6, 6.07) is 3.03. The van der Waals surface area contributed by atoms with Gasteiger partial charge in [-0.25, -0.2) is 26.3 Å². The van der Waals surface area contributed by atoms with Crippen LogP contribution in [0.2, 0.25) is 0 Å². The molecule has 106 valence electrons. The van der Waals surface area contributed by atoms with E-state index in [9.17, 15) is 26.3 Å². The molecule has 0 amide bonds. The minimum absolute atomic E-state index is 0.298. The Kier molecular flexibility index (Phi) is 3.71. The van der Waals surface area contributed by atoms with E-state index in [1.54, 1.807) is 0 Å². The number of benzene rings is 2. The molecule has 1 N–H and O–H groups in total. The summed E-state index contributed by atoms with van der Waals surface area (Å²) in [5, 5.41) is 9.01. The van der Waals surface area contributed by atoms with Gasteiger partial charge in [0.05, 0.1) is 12.2 Å². The Hall–Kier alpha value is -2.02. The third-order valence-electron chi connectivity index (χ3n) is 2.73. The van der Waals surface area contributed by atoms with Gasteiger partial charge >= 0.3 is 0 Å². The maximum absolute atomic E-state index is 13.7. The maximum Gasteiger partial charge on any atom is 0.200 e. The Bertz CT molecular complexity index is 654. The van der Waals surface area contributed by atoms with Gasteiger partial charge in [-0.15, -0.1) is 0 Å². The predicted molar refractivity (Wildman–Crippen MR) is 57.5 cm³/mol. The Morgan fingerprint density at radius 3 is 1.70 bits per heavy atom. The summed E-state index contributed by atoms with van der Waals surface area (Å²) in [5.74, 6) is -12.2. The largest absolute Gasteiger partial charge is 0.392 e. The van der Waals surface area contributed by atoms with Gasteiger partial charge in [-0.05, 0) is 11.6 Å². The molecule has 0 aromatic heterocycles. The molecule has 0 unspecified atom stereocenters. The quantitative estimate of drug-likeness (QED) is 0.508. The van der Waals surface area contributed by atoms with E-state index in [1.807, 2.05) is 0 Å². The fraction of sp³-hybridized carbons (Fsp3) is 0.0769. The minimum atomic E-state index is -2.33. The highest BCUT2D eigenvalue weighted by Crippen LogP contribution is 2.35. The molecule has 0 saturated carbocycles. The van der Waals surface area contributed by atoms with E-state index < -0.39 is 52.6 Å². The lowest BCUT2D eigenvalue weighted by atomic mass is 9.97. The average molecular weight is 292 g/mol. The fourth-order valence-corrected chi connectivity index (χ4v) is 1.80. The first kappa shape index (κ1) is 14.4. The molecule has 0 aliphatic rings. The Morgan fingerprint density at radius 2 is 1.20 bits per heavy atom. The number of aliphatic hydroxyl groups excluding tert-OH is 1. The van der Waals surface area contributed by atoms with Gasteiger partial charge in [0.15, 0.2) is 23.3 Å². The molecular weight excluding hydrogens is 286 g/mol. The van der Waals surface area contributed by atoms with Gasteiger partial charge in [0.25, 0.3) is 0 Å². The van der Waals surface area contributed by atoms with E-state index in [-0.39, 0.29) is 5.56 Å². The summed E-state index contributed by atoms with van der Waals surface area (Å²) in [5.41, 5.74) is -2.56. The zero-order valence-electron chi connectivity index (χ0n) is 9.65. The van der Waals surface area contributed by atoms with Crippen molar-refractivity contribution in [3.05, 3.63) is 58.7 Å². The number of rotatable bonds is 2. The Balaban J connectivity index is 2.91. The van der Waals surface area contributed by atoms with Crippen molar-refractivity contribution < 1.29 is 31.4 Å².